The Balaban J connectivity index is 1.68. The number of primary amides is 2. The zero-order chi connectivity index (χ0) is 74.6. The first-order chi connectivity index (χ1) is 47.3. The number of hydrogen-bond acceptors (Lipinski definition) is 20. The number of nitrogens with zero attached hydrogens (tertiary/aromatic N) is 2. The highest BCUT2D eigenvalue weighted by Crippen LogP contribution is 2.20. The molecule has 20 N–H and O–H groups in total. The second-order valence-corrected chi connectivity index (χ2v) is 26.7. The van der Waals surface area contributed by atoms with E-state index in [4.69, 9.17) is 11.5 Å². The molecule has 0 bridgehead atoms. The number of benzene rings is 1. The minimum atomic E-state index is -1.43. The normalized spacial score (nSPS) is 13.8. The summed E-state index contributed by atoms with van der Waals surface area (Å²) < 4.78 is 0. The zero-order valence-corrected chi connectivity index (χ0v) is 59.5. The van der Waals surface area contributed by atoms with Gasteiger partial charge in [0, 0.05) is 73.9 Å². The Morgan fingerprint density at radius 1 is 0.590 bits per heavy atom. The summed E-state index contributed by atoms with van der Waals surface area (Å²) in [5.41, 5.74) is 12.7. The number of aliphatic hydroxyl groups is 1. The molecular formula is C63H99N19O16S2. The maximum absolute atomic E-state index is 14.4. The van der Waals surface area contributed by atoms with Crippen LogP contribution in [0.5, 0.6) is 0 Å². The number of fused-ring (bicyclic) bond motifs is 1. The molecule has 37 heteroatoms. The van der Waals surface area contributed by atoms with E-state index in [0.717, 1.165) is 11.8 Å². The molecule has 0 aliphatic heterocycles. The van der Waals surface area contributed by atoms with Gasteiger partial charge in [0.15, 0.2) is 0 Å². The average molecular weight is 1440 g/mol. The van der Waals surface area contributed by atoms with Crippen LogP contribution in [0.3, 0.4) is 0 Å². The van der Waals surface area contributed by atoms with E-state index < -0.39 is 163 Å². The minimum Gasteiger partial charge on any atom is -0.394 e. The molecule has 3 aromatic rings. The standard InChI is InChI=1S/C63H99N19O16S2/c1-34(2)22-44(60(95)77-42(55(65)90)19-21-99-9)78-61(96)46(24-39-26-66-32-71-39)75-52(88)28-70-63(98)54(35(3)4)81-56(91)36(5)73-59(94)45(23-38-25-68-41-15-11-10-14-40(38)41)79-58(93)43(17-18-49(64)85)74-50(86)16-12-13-20-67-51(87)27-69-57(92)48(31-100-33-72-37(6)84)80-62(97)47(30-83)76-53(89)29-82(7)8/h10-11,14-15,25-26,32,34-36,42-48,54,68,83H,12-13,16-24,27-31,33H2,1-9H3,(H2,64,85)(H2,65,90)(H,66,71)(H,67,87)(H,69,92)(H,70,98)(H,72,84)(H,73,94)(H,74,86)(H,75,88)(H,76,89)(H,77,95)(H,78,96)(H,79,93)(H,80,97)(H,81,91)/t36-,42-,43-,44-,45-,46-,47-,48-,54-/m0/s1. The number of para-hydroxylation sites is 1. The third-order valence-electron chi connectivity index (χ3n) is 14.9. The fourth-order valence-corrected chi connectivity index (χ4v) is 11.0. The van der Waals surface area contributed by atoms with Gasteiger partial charge in [-0.05, 0) is 88.6 Å². The number of aromatic nitrogens is 3. The molecule has 9 atom stereocenters. The molecule has 100 heavy (non-hydrogen) atoms. The van der Waals surface area contributed by atoms with Gasteiger partial charge in [-0.15, -0.1) is 11.8 Å². The van der Waals surface area contributed by atoms with Gasteiger partial charge in [-0.2, -0.15) is 11.8 Å². The molecule has 0 radical (unpaired) electrons. The van der Waals surface area contributed by atoms with Crippen molar-refractivity contribution in [2.45, 2.75) is 154 Å². The predicted octanol–water partition coefficient (Wildman–Crippen LogP) is -4.84. The highest BCUT2D eigenvalue weighted by molar-refractivity contribution is 7.99. The quantitative estimate of drug-likeness (QED) is 0.0186. The van der Waals surface area contributed by atoms with Crippen molar-refractivity contribution in [1.29, 1.82) is 0 Å². The molecule has 0 aliphatic rings. The van der Waals surface area contributed by atoms with Crippen LogP contribution in [-0.4, -0.2) is 238 Å². The van der Waals surface area contributed by atoms with Crippen LogP contribution in [-0.2, 0) is 84.8 Å². The molecule has 0 saturated heterocycles. The summed E-state index contributed by atoms with van der Waals surface area (Å²) in [7, 11) is 3.25. The molecule has 0 aliphatic carbocycles. The van der Waals surface area contributed by atoms with Crippen molar-refractivity contribution in [3.8, 4) is 0 Å². The number of aromatic amines is 2. The lowest BCUT2D eigenvalue weighted by molar-refractivity contribution is -0.135. The average Bonchev–Trinajstić information content (AvgIpc) is 1.65. The fourth-order valence-electron chi connectivity index (χ4n) is 9.63. The first kappa shape index (κ1) is 84.9. The van der Waals surface area contributed by atoms with Crippen molar-refractivity contribution in [3.05, 3.63) is 54.2 Å². The van der Waals surface area contributed by atoms with Gasteiger partial charge in [0.05, 0.1) is 38.4 Å². The number of amides is 15. The molecule has 1 aromatic carbocycles. The van der Waals surface area contributed by atoms with Crippen LogP contribution >= 0.6 is 23.5 Å². The molecule has 0 fully saturated rings. The second-order valence-electron chi connectivity index (χ2n) is 24.6. The minimum absolute atomic E-state index is 0.0292. The molecule has 2 aromatic heterocycles. The molecule has 15 amide bonds. The first-order valence-electron chi connectivity index (χ1n) is 32.5. The van der Waals surface area contributed by atoms with Crippen LogP contribution in [0.25, 0.3) is 10.9 Å². The molecule has 2 heterocycles. The van der Waals surface area contributed by atoms with Crippen LogP contribution in [0.15, 0.2) is 43.0 Å². The highest BCUT2D eigenvalue weighted by atomic mass is 32.2. The molecule has 3 rings (SSSR count). The molecular weight excluding hydrogens is 1340 g/mol. The van der Waals surface area contributed by atoms with Gasteiger partial charge in [-0.1, -0.05) is 45.9 Å². The molecule has 35 nitrogen and oxygen atoms in total. The van der Waals surface area contributed by atoms with Crippen molar-refractivity contribution >= 4 is 123 Å². The SMILES string of the molecule is CSCC[C@H](NC(=O)[C@H](CC(C)C)NC(=O)[C@H](Cc1cnc[nH]1)NC(=O)CNC(=O)[C@@H](NC(=O)[C@H](C)NC(=O)[C@H](Cc1c[nH]c2ccccc12)NC(=O)[C@H](CCC(N)=O)NC(=O)CCCCNC(=O)CNC(=O)[C@H](CSCNC(C)=O)NC(=O)[C@H](CO)NC(=O)CN(C)C)C(C)C)C(N)=O. The van der Waals surface area contributed by atoms with Gasteiger partial charge in [-0.25, -0.2) is 4.98 Å². The van der Waals surface area contributed by atoms with Gasteiger partial charge in [0.2, 0.25) is 88.6 Å². The van der Waals surface area contributed by atoms with Crippen molar-refractivity contribution in [3.63, 3.8) is 0 Å². The Kier molecular flexibility index (Phi) is 37.9. The Hall–Kier alpha value is -9.36. The number of carbonyl (C=O) groups excluding carboxylic acids is 15. The van der Waals surface area contributed by atoms with Gasteiger partial charge < -0.3 is 101 Å². The maximum Gasteiger partial charge on any atom is 0.245 e. The van der Waals surface area contributed by atoms with E-state index in [2.05, 4.69) is 84.1 Å². The smallest absolute Gasteiger partial charge is 0.245 e. The number of H-pyrrole nitrogens is 2. The summed E-state index contributed by atoms with van der Waals surface area (Å²) in [6, 6.07) is -4.50. The van der Waals surface area contributed by atoms with Crippen LogP contribution in [0.4, 0.5) is 0 Å². The topological polar surface area (TPSA) is 532 Å². The summed E-state index contributed by atoms with van der Waals surface area (Å²) in [4.78, 5) is 209. The van der Waals surface area contributed by atoms with Gasteiger partial charge >= 0.3 is 0 Å². The van der Waals surface area contributed by atoms with E-state index in [0.29, 0.717) is 27.9 Å². The third-order valence-corrected chi connectivity index (χ3v) is 16.5. The number of carbonyl (C=O) groups is 15. The highest BCUT2D eigenvalue weighted by Gasteiger charge is 2.35. The Labute approximate surface area is 588 Å². The van der Waals surface area contributed by atoms with Crippen molar-refractivity contribution in [2.75, 3.05) is 70.5 Å². The largest absolute Gasteiger partial charge is 0.394 e. The van der Waals surface area contributed by atoms with E-state index in [1.54, 1.807) is 63.3 Å². The number of rotatable bonds is 47. The Bertz CT molecular complexity index is 3260. The van der Waals surface area contributed by atoms with Crippen LogP contribution < -0.4 is 80.6 Å². The third kappa shape index (κ3) is 32.1. The van der Waals surface area contributed by atoms with E-state index >= 15 is 0 Å². The van der Waals surface area contributed by atoms with Crippen LogP contribution in [0.2, 0.25) is 0 Å². The van der Waals surface area contributed by atoms with E-state index in [1.807, 2.05) is 20.1 Å². The van der Waals surface area contributed by atoms with Crippen LogP contribution in [0, 0.1) is 11.8 Å². The van der Waals surface area contributed by atoms with Crippen molar-refractivity contribution < 1.29 is 77.0 Å². The molecule has 0 saturated carbocycles. The summed E-state index contributed by atoms with van der Waals surface area (Å²) >= 11 is 2.53. The predicted molar refractivity (Wildman–Crippen MR) is 372 cm³/mol. The summed E-state index contributed by atoms with van der Waals surface area (Å²) in [6.07, 6.45) is 5.96. The summed E-state index contributed by atoms with van der Waals surface area (Å²) in [6.45, 7) is 7.45. The first-order valence-corrected chi connectivity index (χ1v) is 35.1. The van der Waals surface area contributed by atoms with E-state index in [1.165, 1.54) is 38.1 Å². The summed E-state index contributed by atoms with van der Waals surface area (Å²) in [5.74, 6) is -11.2. The monoisotopic (exact) mass is 1440 g/mol. The lowest BCUT2D eigenvalue weighted by atomic mass is 10.0. The number of likely N-dealkylation sites (N-methyl/N-ethyl adjacent to an activating group) is 1. The number of thioether (sulfide) groups is 2. The number of imidazole rings is 1. The van der Waals surface area contributed by atoms with Gasteiger partial charge in [0.1, 0.15) is 54.4 Å². The molecule has 0 unspecified atom stereocenters. The summed E-state index contributed by atoms with van der Waals surface area (Å²) in [5, 5.41) is 43.7. The number of hydrogen-bond donors (Lipinski definition) is 18. The lowest BCUT2D eigenvalue weighted by Crippen LogP contribution is -2.59. The number of aliphatic hydroxyl groups excluding tert-OH is 1. The van der Waals surface area contributed by atoms with Crippen molar-refractivity contribution in [2.24, 2.45) is 23.3 Å². The van der Waals surface area contributed by atoms with Crippen molar-refractivity contribution in [1.82, 2.24) is 89.0 Å². The number of nitrogens with two attached hydrogens (primary N) is 2. The Morgan fingerprint density at radius 3 is 1.82 bits per heavy atom. The lowest BCUT2D eigenvalue weighted by Gasteiger charge is -2.26. The maximum atomic E-state index is 14.4. The Morgan fingerprint density at radius 2 is 1.19 bits per heavy atom. The van der Waals surface area contributed by atoms with Gasteiger partial charge in [-0.3, -0.25) is 71.9 Å². The molecule has 0 spiro atoms. The van der Waals surface area contributed by atoms with E-state index in [-0.39, 0.29) is 94.3 Å². The van der Waals surface area contributed by atoms with Crippen LogP contribution in [0.1, 0.15) is 97.7 Å². The zero-order valence-electron chi connectivity index (χ0n) is 57.8. The fraction of sp³-hybridized carbons (Fsp3) is 0.587. The second kappa shape index (κ2) is 44.6. The van der Waals surface area contributed by atoms with Gasteiger partial charge in [0.25, 0.3) is 0 Å². The number of unbranched alkanes of at least 4 members (excludes halogenated alkanes) is 1. The van der Waals surface area contributed by atoms with E-state index in [9.17, 15) is 77.0 Å². The molecule has 554 valence electrons. The number of nitrogens with one attached hydrogen (secondary N) is 15.